The topological polar surface area (TPSA) is 61.9 Å². The summed E-state index contributed by atoms with van der Waals surface area (Å²) in [7, 11) is 0. The minimum atomic E-state index is -0.609. The maximum atomic E-state index is 13.1. The minimum Gasteiger partial charge on any atom is -0.444 e. The quantitative estimate of drug-likeness (QED) is 0.431. The molecule has 0 spiro atoms. The fourth-order valence-corrected chi connectivity index (χ4v) is 5.54. The molecule has 6 nitrogen and oxygen atoms in total. The summed E-state index contributed by atoms with van der Waals surface area (Å²) in [6, 6.07) is 10.5. The van der Waals surface area contributed by atoms with Crippen LogP contribution in [0.3, 0.4) is 0 Å². The van der Waals surface area contributed by atoms with Crippen LogP contribution in [0.1, 0.15) is 66.4 Å². The molecule has 1 unspecified atom stereocenters. The van der Waals surface area contributed by atoms with Gasteiger partial charge in [-0.05, 0) is 70.3 Å². The van der Waals surface area contributed by atoms with Crippen LogP contribution >= 0.6 is 0 Å². The first-order valence-corrected chi connectivity index (χ1v) is 12.6. The highest BCUT2D eigenvalue weighted by Crippen LogP contribution is 2.39. The van der Waals surface area contributed by atoms with Crippen molar-refractivity contribution in [1.82, 2.24) is 15.1 Å². The first kappa shape index (κ1) is 25.7. The van der Waals surface area contributed by atoms with Gasteiger partial charge in [-0.15, -0.1) is 0 Å². The molecule has 1 aliphatic heterocycles. The van der Waals surface area contributed by atoms with Crippen LogP contribution in [0.15, 0.2) is 30.3 Å². The van der Waals surface area contributed by atoms with Crippen LogP contribution in [0.5, 0.6) is 0 Å². The number of fused-ring (bicyclic) bond motifs is 1. The standard InChI is InChI=1S/C27H43N3O3/c1-19(2)14-23(18-31)30(26(32)33-27(4,5)6)20(3)28-25-13-12-22-16-29(17-24(22)25)15-21-10-8-7-9-11-21/h7-11,18-20,22-25,28H,12-17H2,1-6H3/t20-,22+,23?,24-,25-/m0/s1. The van der Waals surface area contributed by atoms with E-state index in [9.17, 15) is 9.59 Å². The van der Waals surface area contributed by atoms with E-state index in [2.05, 4.69) is 54.4 Å². The second-order valence-corrected chi connectivity index (χ2v) is 11.4. The van der Waals surface area contributed by atoms with Crippen LogP contribution < -0.4 is 5.32 Å². The normalized spacial score (nSPS) is 25.0. The molecule has 6 heteroatoms. The minimum absolute atomic E-state index is 0.277. The molecule has 2 fully saturated rings. The number of nitrogens with one attached hydrogen (secondary N) is 1. The third kappa shape index (κ3) is 7.03. The van der Waals surface area contributed by atoms with Gasteiger partial charge in [0.1, 0.15) is 11.9 Å². The molecule has 1 aromatic rings. The Morgan fingerprint density at radius 2 is 1.88 bits per heavy atom. The summed E-state index contributed by atoms with van der Waals surface area (Å²) in [4.78, 5) is 29.3. The van der Waals surface area contributed by atoms with Gasteiger partial charge < -0.3 is 9.53 Å². The van der Waals surface area contributed by atoms with E-state index in [0.717, 1.165) is 32.3 Å². The second kappa shape index (κ2) is 11.0. The monoisotopic (exact) mass is 457 g/mol. The van der Waals surface area contributed by atoms with Gasteiger partial charge in [0.05, 0.1) is 12.2 Å². The van der Waals surface area contributed by atoms with Crippen LogP contribution in [0.2, 0.25) is 0 Å². The zero-order valence-electron chi connectivity index (χ0n) is 21.3. The highest BCUT2D eigenvalue weighted by atomic mass is 16.6. The van der Waals surface area contributed by atoms with Gasteiger partial charge in [-0.3, -0.25) is 15.1 Å². The fourth-order valence-electron chi connectivity index (χ4n) is 5.54. The average molecular weight is 458 g/mol. The number of ether oxygens (including phenoxy) is 1. The Bertz CT molecular complexity index is 777. The van der Waals surface area contributed by atoms with E-state index in [0.29, 0.717) is 30.2 Å². The summed E-state index contributed by atoms with van der Waals surface area (Å²) in [5, 5.41) is 3.73. The van der Waals surface area contributed by atoms with E-state index in [1.54, 1.807) is 4.90 Å². The molecule has 1 aliphatic carbocycles. The molecular weight excluding hydrogens is 414 g/mol. The molecule has 1 amide bonds. The highest BCUT2D eigenvalue weighted by molar-refractivity contribution is 5.74. The Labute approximate surface area is 200 Å². The van der Waals surface area contributed by atoms with E-state index >= 15 is 0 Å². The zero-order chi connectivity index (χ0) is 24.2. The number of rotatable bonds is 9. The maximum absolute atomic E-state index is 13.1. The summed E-state index contributed by atoms with van der Waals surface area (Å²) in [6.45, 7) is 14.9. The predicted octanol–water partition coefficient (Wildman–Crippen LogP) is 4.68. The van der Waals surface area contributed by atoms with Gasteiger partial charge in [-0.2, -0.15) is 0 Å². The smallest absolute Gasteiger partial charge is 0.412 e. The average Bonchev–Trinajstić information content (AvgIpc) is 3.27. The molecule has 1 heterocycles. The van der Waals surface area contributed by atoms with Crippen molar-refractivity contribution < 1.29 is 14.3 Å². The van der Waals surface area contributed by atoms with Crippen molar-refractivity contribution in [3.8, 4) is 0 Å². The largest absolute Gasteiger partial charge is 0.444 e. The lowest BCUT2D eigenvalue weighted by molar-refractivity contribution is -0.114. The van der Waals surface area contributed by atoms with Crippen LogP contribution in [0.4, 0.5) is 4.79 Å². The summed E-state index contributed by atoms with van der Waals surface area (Å²) in [5.74, 6) is 1.55. The van der Waals surface area contributed by atoms with Gasteiger partial charge in [0.25, 0.3) is 0 Å². The molecule has 184 valence electrons. The Morgan fingerprint density at radius 1 is 1.18 bits per heavy atom. The molecule has 0 radical (unpaired) electrons. The molecule has 1 saturated heterocycles. The molecule has 2 aliphatic rings. The van der Waals surface area contributed by atoms with Crippen molar-refractivity contribution in [2.45, 2.75) is 91.2 Å². The van der Waals surface area contributed by atoms with Gasteiger partial charge in [-0.25, -0.2) is 4.79 Å². The Morgan fingerprint density at radius 3 is 2.48 bits per heavy atom. The maximum Gasteiger partial charge on any atom is 0.412 e. The van der Waals surface area contributed by atoms with Crippen LogP contribution in [0, 0.1) is 17.8 Å². The number of aldehydes is 1. The number of likely N-dealkylation sites (tertiary alicyclic amines) is 1. The molecule has 1 aromatic carbocycles. The van der Waals surface area contributed by atoms with E-state index in [-0.39, 0.29) is 6.17 Å². The Kier molecular flexibility index (Phi) is 8.57. The first-order valence-electron chi connectivity index (χ1n) is 12.6. The van der Waals surface area contributed by atoms with Crippen LogP contribution in [0.25, 0.3) is 0 Å². The van der Waals surface area contributed by atoms with Crippen LogP contribution in [-0.2, 0) is 16.1 Å². The Balaban J connectivity index is 1.67. The third-order valence-electron chi connectivity index (χ3n) is 6.89. The molecule has 3 rings (SSSR count). The molecule has 0 aromatic heterocycles. The van der Waals surface area contributed by atoms with Crippen molar-refractivity contribution in [3.63, 3.8) is 0 Å². The van der Waals surface area contributed by atoms with Crippen LogP contribution in [-0.4, -0.2) is 59.1 Å². The van der Waals surface area contributed by atoms with Gasteiger partial charge in [0, 0.05) is 25.7 Å². The van der Waals surface area contributed by atoms with Gasteiger partial charge in [-0.1, -0.05) is 44.2 Å². The molecule has 1 N–H and O–H groups in total. The number of amides is 1. The number of carbonyl (C=O) groups excluding carboxylic acids is 2. The van der Waals surface area contributed by atoms with E-state index < -0.39 is 17.7 Å². The summed E-state index contributed by atoms with van der Waals surface area (Å²) in [6.07, 6.45) is 3.13. The van der Waals surface area contributed by atoms with E-state index in [4.69, 9.17) is 4.74 Å². The molecule has 5 atom stereocenters. The number of hydrogen-bond acceptors (Lipinski definition) is 5. The number of carbonyl (C=O) groups is 2. The third-order valence-corrected chi connectivity index (χ3v) is 6.89. The zero-order valence-corrected chi connectivity index (χ0v) is 21.3. The number of hydrogen-bond donors (Lipinski definition) is 1. The summed E-state index contributed by atoms with van der Waals surface area (Å²) < 4.78 is 5.70. The Hall–Kier alpha value is -1.92. The van der Waals surface area contributed by atoms with Crippen molar-refractivity contribution >= 4 is 12.4 Å². The molecule has 33 heavy (non-hydrogen) atoms. The van der Waals surface area contributed by atoms with Crippen molar-refractivity contribution in [1.29, 1.82) is 0 Å². The van der Waals surface area contributed by atoms with Gasteiger partial charge >= 0.3 is 6.09 Å². The van der Waals surface area contributed by atoms with Crippen molar-refractivity contribution in [3.05, 3.63) is 35.9 Å². The lowest BCUT2D eigenvalue weighted by Gasteiger charge is -2.38. The highest BCUT2D eigenvalue weighted by Gasteiger charge is 2.44. The first-order chi connectivity index (χ1) is 15.6. The van der Waals surface area contributed by atoms with E-state index in [1.165, 1.54) is 12.0 Å². The number of nitrogens with zero attached hydrogens (tertiary/aromatic N) is 2. The lowest BCUT2D eigenvalue weighted by Crippen LogP contribution is -2.57. The van der Waals surface area contributed by atoms with Crippen molar-refractivity contribution in [2.75, 3.05) is 13.1 Å². The second-order valence-electron chi connectivity index (χ2n) is 11.4. The predicted molar refractivity (Wildman–Crippen MR) is 132 cm³/mol. The molecular formula is C27H43N3O3. The summed E-state index contributed by atoms with van der Waals surface area (Å²) in [5.41, 5.74) is 0.747. The lowest BCUT2D eigenvalue weighted by atomic mass is 9.97. The van der Waals surface area contributed by atoms with Gasteiger partial charge in [0.15, 0.2) is 0 Å². The summed E-state index contributed by atoms with van der Waals surface area (Å²) >= 11 is 0. The van der Waals surface area contributed by atoms with Gasteiger partial charge in [0.2, 0.25) is 0 Å². The molecule has 1 saturated carbocycles. The van der Waals surface area contributed by atoms with Crippen molar-refractivity contribution in [2.24, 2.45) is 17.8 Å². The number of benzene rings is 1. The SMILES string of the molecule is CC(C)CC(C=O)N(C(=O)OC(C)(C)C)[C@@H](C)N[C@H]1CC[C@@H]2CN(Cc3ccccc3)C[C@@H]21. The molecule has 0 bridgehead atoms. The fraction of sp³-hybridized carbons (Fsp3) is 0.704. The van der Waals surface area contributed by atoms with E-state index in [1.807, 2.05) is 27.7 Å².